The van der Waals surface area contributed by atoms with Gasteiger partial charge in [-0.3, -0.25) is 4.57 Å². The number of nitrogens with zero attached hydrogens (tertiary/aromatic N) is 3. The summed E-state index contributed by atoms with van der Waals surface area (Å²) in [4.78, 5) is 11.5. The van der Waals surface area contributed by atoms with E-state index >= 15 is 0 Å². The maximum Gasteiger partial charge on any atom is 0.376 e. The lowest BCUT2D eigenvalue weighted by molar-refractivity contribution is 0.0504. The fourth-order valence-corrected chi connectivity index (χ4v) is 1.40. The third kappa shape index (κ3) is 2.95. The van der Waals surface area contributed by atoms with Gasteiger partial charge in [-0.15, -0.1) is 22.8 Å². The Hall–Kier alpha value is -1.04. The SMILES string of the molecule is CCCCn1c(S)nnc1C(=O)OCC. The minimum atomic E-state index is -0.443. The molecule has 1 heterocycles. The molecule has 5 nitrogen and oxygen atoms in total. The van der Waals surface area contributed by atoms with E-state index in [1.54, 1.807) is 11.5 Å². The molecule has 0 aliphatic rings. The van der Waals surface area contributed by atoms with E-state index in [2.05, 4.69) is 29.7 Å². The Labute approximate surface area is 94.2 Å². The van der Waals surface area contributed by atoms with Crippen LogP contribution in [0, 0.1) is 0 Å². The summed E-state index contributed by atoms with van der Waals surface area (Å²) in [6.45, 7) is 4.86. The average Bonchev–Trinajstić information content (AvgIpc) is 2.57. The molecule has 0 aliphatic carbocycles. The van der Waals surface area contributed by atoms with E-state index in [1.807, 2.05) is 0 Å². The predicted octanol–water partition coefficient (Wildman–Crippen LogP) is 1.54. The Bertz CT molecular complexity index is 338. The zero-order valence-corrected chi connectivity index (χ0v) is 9.83. The second kappa shape index (κ2) is 5.75. The summed E-state index contributed by atoms with van der Waals surface area (Å²) in [5.74, 6) is -0.211. The van der Waals surface area contributed by atoms with Gasteiger partial charge in [0.2, 0.25) is 5.82 Å². The topological polar surface area (TPSA) is 57.0 Å². The van der Waals surface area contributed by atoms with Crippen molar-refractivity contribution in [3.05, 3.63) is 5.82 Å². The van der Waals surface area contributed by atoms with E-state index < -0.39 is 5.97 Å². The number of esters is 1. The van der Waals surface area contributed by atoms with E-state index in [4.69, 9.17) is 4.74 Å². The van der Waals surface area contributed by atoms with Crippen LogP contribution < -0.4 is 0 Å². The highest BCUT2D eigenvalue weighted by atomic mass is 32.1. The van der Waals surface area contributed by atoms with Gasteiger partial charge in [-0.25, -0.2) is 4.79 Å². The number of carbonyl (C=O) groups excluding carboxylic acids is 1. The summed E-state index contributed by atoms with van der Waals surface area (Å²) in [6.07, 6.45) is 1.99. The molecule has 0 atom stereocenters. The zero-order chi connectivity index (χ0) is 11.3. The molecule has 0 aliphatic heterocycles. The fraction of sp³-hybridized carbons (Fsp3) is 0.667. The van der Waals surface area contributed by atoms with Crippen LogP contribution in [0.2, 0.25) is 0 Å². The molecule has 0 N–H and O–H groups in total. The molecular formula is C9H15N3O2S. The molecule has 0 saturated heterocycles. The first-order chi connectivity index (χ1) is 7.20. The molecule has 1 aromatic heterocycles. The minimum absolute atomic E-state index is 0.232. The molecule has 0 saturated carbocycles. The van der Waals surface area contributed by atoms with Crippen LogP contribution in [0.25, 0.3) is 0 Å². The van der Waals surface area contributed by atoms with Crippen LogP contribution in [0.3, 0.4) is 0 Å². The molecule has 0 unspecified atom stereocenters. The summed E-state index contributed by atoms with van der Waals surface area (Å²) in [5.41, 5.74) is 0. The molecule has 0 fully saturated rings. The van der Waals surface area contributed by atoms with Gasteiger partial charge in [0.15, 0.2) is 5.16 Å². The second-order valence-electron chi connectivity index (χ2n) is 3.05. The largest absolute Gasteiger partial charge is 0.460 e. The maximum absolute atomic E-state index is 11.5. The lowest BCUT2D eigenvalue weighted by Gasteiger charge is -2.05. The normalized spacial score (nSPS) is 10.3. The molecule has 0 radical (unpaired) electrons. The van der Waals surface area contributed by atoms with Crippen molar-refractivity contribution in [2.24, 2.45) is 0 Å². The van der Waals surface area contributed by atoms with Gasteiger partial charge >= 0.3 is 5.97 Å². The van der Waals surface area contributed by atoms with Crippen molar-refractivity contribution in [1.82, 2.24) is 14.8 Å². The van der Waals surface area contributed by atoms with Crippen LogP contribution in [0.15, 0.2) is 5.16 Å². The van der Waals surface area contributed by atoms with Gasteiger partial charge in [-0.2, -0.15) is 0 Å². The minimum Gasteiger partial charge on any atom is -0.460 e. The number of thiol groups is 1. The van der Waals surface area contributed by atoms with E-state index in [0.717, 1.165) is 12.8 Å². The molecule has 1 rings (SSSR count). The fourth-order valence-electron chi connectivity index (χ4n) is 1.16. The van der Waals surface area contributed by atoms with Crippen molar-refractivity contribution >= 4 is 18.6 Å². The first-order valence-electron chi connectivity index (χ1n) is 5.00. The Kier molecular flexibility index (Phi) is 4.61. The molecular weight excluding hydrogens is 214 g/mol. The lowest BCUT2D eigenvalue weighted by Crippen LogP contribution is -2.14. The van der Waals surface area contributed by atoms with Gasteiger partial charge in [0.1, 0.15) is 0 Å². The van der Waals surface area contributed by atoms with Crippen LogP contribution in [0.4, 0.5) is 0 Å². The van der Waals surface area contributed by atoms with Crippen molar-refractivity contribution in [2.45, 2.75) is 38.4 Å². The third-order valence-corrected chi connectivity index (χ3v) is 2.26. The van der Waals surface area contributed by atoms with Crippen LogP contribution in [-0.2, 0) is 11.3 Å². The monoisotopic (exact) mass is 229 g/mol. The van der Waals surface area contributed by atoms with Crippen molar-refractivity contribution in [3.8, 4) is 0 Å². The van der Waals surface area contributed by atoms with Gasteiger partial charge < -0.3 is 4.74 Å². The summed E-state index contributed by atoms with van der Waals surface area (Å²) in [5, 5.41) is 7.95. The zero-order valence-electron chi connectivity index (χ0n) is 8.93. The van der Waals surface area contributed by atoms with Crippen LogP contribution in [-0.4, -0.2) is 27.3 Å². The molecule has 0 bridgehead atoms. The predicted molar refractivity (Wildman–Crippen MR) is 58.1 cm³/mol. The van der Waals surface area contributed by atoms with Crippen molar-refractivity contribution in [2.75, 3.05) is 6.61 Å². The standard InChI is InChI=1S/C9H15N3O2S/c1-3-5-6-12-7(8(13)14-4-2)10-11-9(12)15/h3-6H2,1-2H3,(H,11,15). The number of ether oxygens (including phenoxy) is 1. The van der Waals surface area contributed by atoms with E-state index in [0.29, 0.717) is 18.3 Å². The van der Waals surface area contributed by atoms with Crippen molar-refractivity contribution < 1.29 is 9.53 Å². The van der Waals surface area contributed by atoms with Gasteiger partial charge in [-0.05, 0) is 13.3 Å². The van der Waals surface area contributed by atoms with E-state index in [1.165, 1.54) is 0 Å². The molecule has 0 spiro atoms. The average molecular weight is 229 g/mol. The van der Waals surface area contributed by atoms with E-state index in [9.17, 15) is 4.79 Å². The summed E-state index contributed by atoms with van der Waals surface area (Å²) < 4.78 is 6.54. The van der Waals surface area contributed by atoms with Crippen LogP contribution >= 0.6 is 12.6 Å². The van der Waals surface area contributed by atoms with Gasteiger partial charge in [0.25, 0.3) is 0 Å². The highest BCUT2D eigenvalue weighted by molar-refractivity contribution is 7.80. The Morgan fingerprint density at radius 1 is 1.47 bits per heavy atom. The van der Waals surface area contributed by atoms with Gasteiger partial charge in [-0.1, -0.05) is 13.3 Å². The number of aromatic nitrogens is 3. The van der Waals surface area contributed by atoms with Crippen molar-refractivity contribution in [3.63, 3.8) is 0 Å². The highest BCUT2D eigenvalue weighted by Gasteiger charge is 2.17. The third-order valence-electron chi connectivity index (χ3n) is 1.92. The maximum atomic E-state index is 11.5. The summed E-state index contributed by atoms with van der Waals surface area (Å²) in [6, 6.07) is 0. The van der Waals surface area contributed by atoms with Gasteiger partial charge in [0, 0.05) is 6.54 Å². The first kappa shape index (κ1) is 12.0. The molecule has 6 heteroatoms. The molecule has 15 heavy (non-hydrogen) atoms. The number of carbonyl (C=O) groups is 1. The Morgan fingerprint density at radius 3 is 2.80 bits per heavy atom. The Balaban J connectivity index is 2.82. The Morgan fingerprint density at radius 2 is 2.20 bits per heavy atom. The number of unbranched alkanes of at least 4 members (excludes halogenated alkanes) is 1. The van der Waals surface area contributed by atoms with Gasteiger partial charge in [0.05, 0.1) is 6.61 Å². The summed E-state index contributed by atoms with van der Waals surface area (Å²) >= 11 is 4.14. The van der Waals surface area contributed by atoms with Crippen molar-refractivity contribution in [1.29, 1.82) is 0 Å². The molecule has 84 valence electrons. The quantitative estimate of drug-likeness (QED) is 0.614. The first-order valence-corrected chi connectivity index (χ1v) is 5.44. The smallest absolute Gasteiger partial charge is 0.376 e. The lowest BCUT2D eigenvalue weighted by atomic mass is 10.3. The molecule has 1 aromatic rings. The number of hydrogen-bond acceptors (Lipinski definition) is 5. The number of hydrogen-bond donors (Lipinski definition) is 1. The van der Waals surface area contributed by atoms with E-state index in [-0.39, 0.29) is 5.82 Å². The second-order valence-corrected chi connectivity index (χ2v) is 3.45. The van der Waals surface area contributed by atoms with Crippen LogP contribution in [0.1, 0.15) is 37.3 Å². The summed E-state index contributed by atoms with van der Waals surface area (Å²) in [7, 11) is 0. The molecule has 0 amide bonds. The number of rotatable bonds is 5. The highest BCUT2D eigenvalue weighted by Crippen LogP contribution is 2.09. The van der Waals surface area contributed by atoms with Crippen LogP contribution in [0.5, 0.6) is 0 Å². The molecule has 0 aromatic carbocycles.